The van der Waals surface area contributed by atoms with E-state index in [2.05, 4.69) is 20.5 Å². The van der Waals surface area contributed by atoms with E-state index in [1.54, 1.807) is 6.07 Å². The van der Waals surface area contributed by atoms with E-state index in [4.69, 9.17) is 0 Å². The van der Waals surface area contributed by atoms with Crippen LogP contribution in [0.25, 0.3) is 0 Å². The fourth-order valence-electron chi connectivity index (χ4n) is 1.72. The van der Waals surface area contributed by atoms with Crippen molar-refractivity contribution in [2.24, 2.45) is 0 Å². The first-order chi connectivity index (χ1) is 10.0. The first kappa shape index (κ1) is 17.1. The molecule has 1 heterocycles. The zero-order valence-electron chi connectivity index (χ0n) is 13.0. The number of pyridine rings is 1. The Bertz CT molecular complexity index is 474. The molecule has 0 atom stereocenters. The Labute approximate surface area is 125 Å². The average molecular weight is 292 g/mol. The zero-order valence-corrected chi connectivity index (χ0v) is 13.0. The number of aromatic nitrogens is 1. The van der Waals surface area contributed by atoms with Crippen molar-refractivity contribution in [1.29, 1.82) is 0 Å². The average Bonchev–Trinajstić information content (AvgIpc) is 2.48. The second-order valence-electron chi connectivity index (χ2n) is 5.10. The van der Waals surface area contributed by atoms with Gasteiger partial charge in [0.05, 0.1) is 0 Å². The SMILES string of the molecule is CCCNC(=O)c1cc(C(=O)NCCCN(C)C)ccn1. The van der Waals surface area contributed by atoms with Crippen LogP contribution in [-0.2, 0) is 0 Å². The lowest BCUT2D eigenvalue weighted by Crippen LogP contribution is -2.28. The van der Waals surface area contributed by atoms with Gasteiger partial charge in [-0.1, -0.05) is 6.92 Å². The maximum atomic E-state index is 12.0. The van der Waals surface area contributed by atoms with Crippen LogP contribution in [0.5, 0.6) is 0 Å². The number of hydrogen-bond acceptors (Lipinski definition) is 4. The summed E-state index contributed by atoms with van der Waals surface area (Å²) in [5.74, 6) is -0.431. The van der Waals surface area contributed by atoms with E-state index in [0.29, 0.717) is 18.7 Å². The van der Waals surface area contributed by atoms with Crippen molar-refractivity contribution in [2.45, 2.75) is 19.8 Å². The fraction of sp³-hybridized carbons (Fsp3) is 0.533. The summed E-state index contributed by atoms with van der Waals surface area (Å²) in [5, 5.41) is 5.58. The number of carbonyl (C=O) groups excluding carboxylic acids is 2. The smallest absolute Gasteiger partial charge is 0.269 e. The van der Waals surface area contributed by atoms with Crippen molar-refractivity contribution in [3.8, 4) is 0 Å². The molecule has 0 radical (unpaired) electrons. The zero-order chi connectivity index (χ0) is 15.7. The molecule has 0 unspecified atom stereocenters. The second-order valence-corrected chi connectivity index (χ2v) is 5.10. The van der Waals surface area contributed by atoms with Gasteiger partial charge in [0.15, 0.2) is 0 Å². The van der Waals surface area contributed by atoms with Crippen molar-refractivity contribution in [3.63, 3.8) is 0 Å². The van der Waals surface area contributed by atoms with Crippen LogP contribution in [0.15, 0.2) is 18.3 Å². The largest absolute Gasteiger partial charge is 0.352 e. The van der Waals surface area contributed by atoms with E-state index in [1.807, 2.05) is 21.0 Å². The molecule has 6 nitrogen and oxygen atoms in total. The van der Waals surface area contributed by atoms with Crippen molar-refractivity contribution >= 4 is 11.8 Å². The maximum Gasteiger partial charge on any atom is 0.269 e. The summed E-state index contributed by atoms with van der Waals surface area (Å²) in [5.41, 5.74) is 0.723. The van der Waals surface area contributed by atoms with Gasteiger partial charge in [0.25, 0.3) is 11.8 Å². The Morgan fingerprint density at radius 3 is 2.57 bits per heavy atom. The second kappa shape index (κ2) is 9.07. The van der Waals surface area contributed by atoms with E-state index in [-0.39, 0.29) is 17.5 Å². The molecule has 0 saturated carbocycles. The molecule has 6 heteroatoms. The molecule has 0 aliphatic heterocycles. The van der Waals surface area contributed by atoms with E-state index in [9.17, 15) is 9.59 Å². The fourth-order valence-corrected chi connectivity index (χ4v) is 1.72. The molecular formula is C15H24N4O2. The van der Waals surface area contributed by atoms with Crippen LogP contribution in [0.3, 0.4) is 0 Å². The number of nitrogens with one attached hydrogen (secondary N) is 2. The van der Waals surface area contributed by atoms with Crippen molar-refractivity contribution in [2.75, 3.05) is 33.7 Å². The first-order valence-electron chi connectivity index (χ1n) is 7.21. The standard InChI is InChI=1S/C15H24N4O2/c1-4-7-17-15(21)13-11-12(6-9-16-13)14(20)18-8-5-10-19(2)3/h6,9,11H,4-5,7-8,10H2,1-3H3,(H,17,21)(H,18,20). The Hall–Kier alpha value is -1.95. The first-order valence-corrected chi connectivity index (χ1v) is 7.21. The van der Waals surface area contributed by atoms with Crippen molar-refractivity contribution in [3.05, 3.63) is 29.6 Å². The monoisotopic (exact) mass is 292 g/mol. The molecule has 0 aliphatic carbocycles. The van der Waals surface area contributed by atoms with Gasteiger partial charge >= 0.3 is 0 Å². The molecule has 0 bridgehead atoms. The predicted molar refractivity (Wildman–Crippen MR) is 82.4 cm³/mol. The van der Waals surface area contributed by atoms with E-state index in [1.165, 1.54) is 12.3 Å². The Balaban J connectivity index is 2.54. The highest BCUT2D eigenvalue weighted by atomic mass is 16.2. The summed E-state index contributed by atoms with van der Waals surface area (Å²) in [6.07, 6.45) is 3.22. The summed E-state index contributed by atoms with van der Waals surface area (Å²) >= 11 is 0. The maximum absolute atomic E-state index is 12.0. The van der Waals surface area contributed by atoms with Gasteiger partial charge in [-0.15, -0.1) is 0 Å². The van der Waals surface area contributed by atoms with E-state index < -0.39 is 0 Å². The van der Waals surface area contributed by atoms with Gasteiger partial charge in [0.2, 0.25) is 0 Å². The molecule has 0 spiro atoms. The van der Waals surface area contributed by atoms with Crippen LogP contribution in [0.1, 0.15) is 40.6 Å². The van der Waals surface area contributed by atoms with Crippen LogP contribution < -0.4 is 10.6 Å². The summed E-state index contributed by atoms with van der Waals surface area (Å²) in [7, 11) is 3.98. The highest BCUT2D eigenvalue weighted by Gasteiger charge is 2.11. The minimum Gasteiger partial charge on any atom is -0.352 e. The van der Waals surface area contributed by atoms with E-state index >= 15 is 0 Å². The van der Waals surface area contributed by atoms with Crippen LogP contribution in [0.2, 0.25) is 0 Å². The summed E-state index contributed by atoms with van der Waals surface area (Å²) in [6.45, 7) is 4.10. The van der Waals surface area contributed by atoms with Gasteiger partial charge in [-0.25, -0.2) is 0 Å². The minimum atomic E-state index is -0.251. The Morgan fingerprint density at radius 2 is 1.90 bits per heavy atom. The molecule has 2 N–H and O–H groups in total. The Kier molecular flexibility index (Phi) is 7.39. The van der Waals surface area contributed by atoms with Gasteiger partial charge in [0.1, 0.15) is 5.69 Å². The van der Waals surface area contributed by atoms with Crippen LogP contribution in [0, 0.1) is 0 Å². The lowest BCUT2D eigenvalue weighted by molar-refractivity contribution is 0.0948. The summed E-state index contributed by atoms with van der Waals surface area (Å²) in [4.78, 5) is 29.9. The third-order valence-electron chi connectivity index (χ3n) is 2.86. The number of rotatable bonds is 8. The van der Waals surface area contributed by atoms with Gasteiger partial charge in [-0.3, -0.25) is 14.6 Å². The number of nitrogens with zero attached hydrogens (tertiary/aromatic N) is 2. The number of hydrogen-bond donors (Lipinski definition) is 2. The van der Waals surface area contributed by atoms with E-state index in [0.717, 1.165) is 19.4 Å². The molecule has 0 saturated heterocycles. The van der Waals surface area contributed by atoms with Crippen LogP contribution in [-0.4, -0.2) is 55.4 Å². The van der Waals surface area contributed by atoms with Crippen molar-refractivity contribution in [1.82, 2.24) is 20.5 Å². The molecule has 21 heavy (non-hydrogen) atoms. The molecule has 1 aromatic rings. The normalized spacial score (nSPS) is 10.5. The highest BCUT2D eigenvalue weighted by molar-refractivity contribution is 5.98. The number of amides is 2. The molecule has 0 aromatic carbocycles. The predicted octanol–water partition coefficient (Wildman–Crippen LogP) is 0.903. The third-order valence-corrected chi connectivity index (χ3v) is 2.86. The summed E-state index contributed by atoms with van der Waals surface area (Å²) in [6, 6.07) is 3.13. The molecule has 1 aromatic heterocycles. The third kappa shape index (κ3) is 6.35. The van der Waals surface area contributed by atoms with Crippen molar-refractivity contribution < 1.29 is 9.59 Å². The topological polar surface area (TPSA) is 74.3 Å². The number of carbonyl (C=O) groups is 2. The van der Waals surface area contributed by atoms with Gasteiger partial charge < -0.3 is 15.5 Å². The molecule has 0 aliphatic rings. The van der Waals surface area contributed by atoms with Gasteiger partial charge in [-0.2, -0.15) is 0 Å². The highest BCUT2D eigenvalue weighted by Crippen LogP contribution is 2.02. The minimum absolute atomic E-state index is 0.180. The molecular weight excluding hydrogens is 268 g/mol. The lowest BCUT2D eigenvalue weighted by atomic mass is 10.2. The molecule has 0 fully saturated rings. The molecule has 116 valence electrons. The quantitative estimate of drug-likeness (QED) is 0.698. The van der Waals surface area contributed by atoms with Crippen LogP contribution >= 0.6 is 0 Å². The lowest BCUT2D eigenvalue weighted by Gasteiger charge is -2.10. The van der Waals surface area contributed by atoms with Gasteiger partial charge in [-0.05, 0) is 45.6 Å². The molecule has 2 amide bonds. The Morgan fingerprint density at radius 1 is 1.19 bits per heavy atom. The van der Waals surface area contributed by atoms with Crippen LogP contribution in [0.4, 0.5) is 0 Å². The molecule has 1 rings (SSSR count). The van der Waals surface area contributed by atoms with Gasteiger partial charge in [0, 0.05) is 24.8 Å². The summed E-state index contributed by atoms with van der Waals surface area (Å²) < 4.78 is 0.